The van der Waals surface area contributed by atoms with Crippen LogP contribution >= 0.6 is 11.3 Å². The van der Waals surface area contributed by atoms with E-state index in [1.165, 1.54) is 24.4 Å². The highest BCUT2D eigenvalue weighted by atomic mass is 32.2. The van der Waals surface area contributed by atoms with E-state index in [-0.39, 0.29) is 9.96 Å². The Bertz CT molecular complexity index is 851. The Kier molecular flexibility index (Phi) is 3.58. The van der Waals surface area contributed by atoms with E-state index in [1.807, 2.05) is 0 Å². The maximum Gasteiger partial charge on any atom is 0.167 e. The number of benzene rings is 1. The number of anilines is 1. The SMILES string of the molecule is Nc1ccc(Oc2ccnc3cc(S(=O)[O-])sc23)c(F)c1. The zero-order valence-corrected chi connectivity index (χ0v) is 12.0. The molecule has 1 atom stereocenters. The maximum absolute atomic E-state index is 13.8. The fourth-order valence-electron chi connectivity index (χ4n) is 1.77. The number of fused-ring (bicyclic) bond motifs is 1. The summed E-state index contributed by atoms with van der Waals surface area (Å²) in [5.41, 5.74) is 6.25. The third kappa shape index (κ3) is 2.73. The molecular weight excluding hydrogens is 315 g/mol. The molecule has 21 heavy (non-hydrogen) atoms. The van der Waals surface area contributed by atoms with E-state index >= 15 is 0 Å². The van der Waals surface area contributed by atoms with Crippen molar-refractivity contribution in [2.75, 3.05) is 5.73 Å². The van der Waals surface area contributed by atoms with Gasteiger partial charge in [0.2, 0.25) is 0 Å². The van der Waals surface area contributed by atoms with Crippen molar-refractivity contribution in [3.63, 3.8) is 0 Å². The number of hydrogen-bond acceptors (Lipinski definition) is 6. The van der Waals surface area contributed by atoms with Gasteiger partial charge in [-0.15, -0.1) is 11.3 Å². The number of nitrogen functional groups attached to an aromatic ring is 1. The molecule has 0 aliphatic heterocycles. The number of pyridine rings is 1. The molecule has 1 unspecified atom stereocenters. The van der Waals surface area contributed by atoms with Crippen molar-refractivity contribution >= 4 is 38.3 Å². The average molecular weight is 323 g/mol. The highest BCUT2D eigenvalue weighted by Crippen LogP contribution is 2.36. The second kappa shape index (κ2) is 5.40. The molecule has 0 aliphatic rings. The van der Waals surface area contributed by atoms with Crippen molar-refractivity contribution in [2.24, 2.45) is 0 Å². The van der Waals surface area contributed by atoms with E-state index in [0.717, 1.165) is 17.4 Å². The van der Waals surface area contributed by atoms with Gasteiger partial charge in [-0.1, -0.05) is 0 Å². The number of aromatic nitrogens is 1. The molecule has 5 nitrogen and oxygen atoms in total. The summed E-state index contributed by atoms with van der Waals surface area (Å²) in [6, 6.07) is 7.07. The van der Waals surface area contributed by atoms with Gasteiger partial charge in [0, 0.05) is 24.0 Å². The van der Waals surface area contributed by atoms with E-state index in [9.17, 15) is 13.2 Å². The predicted molar refractivity (Wildman–Crippen MR) is 77.7 cm³/mol. The maximum atomic E-state index is 13.8. The van der Waals surface area contributed by atoms with Crippen LogP contribution in [0.15, 0.2) is 40.7 Å². The molecule has 108 valence electrons. The molecule has 0 bridgehead atoms. The Morgan fingerprint density at radius 2 is 2.10 bits per heavy atom. The number of ether oxygens (including phenoxy) is 1. The Morgan fingerprint density at radius 3 is 2.81 bits per heavy atom. The summed E-state index contributed by atoms with van der Waals surface area (Å²) >= 11 is -1.33. The van der Waals surface area contributed by atoms with E-state index in [0.29, 0.717) is 21.7 Å². The Morgan fingerprint density at radius 1 is 1.29 bits per heavy atom. The first-order valence-corrected chi connectivity index (χ1v) is 7.64. The van der Waals surface area contributed by atoms with Crippen LogP contribution in [0.3, 0.4) is 0 Å². The third-order valence-electron chi connectivity index (χ3n) is 2.69. The number of rotatable bonds is 3. The smallest absolute Gasteiger partial charge is 0.167 e. The lowest BCUT2D eigenvalue weighted by Gasteiger charge is -2.07. The molecule has 2 aromatic heterocycles. The predicted octanol–water partition coefficient (Wildman–Crippen LogP) is 3.05. The Hall–Kier alpha value is -2.03. The number of nitrogens with two attached hydrogens (primary N) is 1. The molecule has 3 aromatic rings. The number of halogens is 1. The molecule has 3 rings (SSSR count). The minimum Gasteiger partial charge on any atom is -0.768 e. The van der Waals surface area contributed by atoms with Gasteiger partial charge in [0.25, 0.3) is 0 Å². The molecule has 0 amide bonds. The number of hydrogen-bond donors (Lipinski definition) is 1. The van der Waals surface area contributed by atoms with Crippen molar-refractivity contribution in [2.45, 2.75) is 4.21 Å². The molecule has 0 radical (unpaired) electrons. The van der Waals surface area contributed by atoms with Gasteiger partial charge >= 0.3 is 0 Å². The summed E-state index contributed by atoms with van der Waals surface area (Å²) in [6.45, 7) is 0. The molecule has 0 spiro atoms. The minimum atomic E-state index is -2.34. The van der Waals surface area contributed by atoms with Crippen molar-refractivity contribution in [3.05, 3.63) is 42.3 Å². The highest BCUT2D eigenvalue weighted by Gasteiger charge is 2.12. The first-order chi connectivity index (χ1) is 10.0. The van der Waals surface area contributed by atoms with Gasteiger partial charge in [0.15, 0.2) is 11.6 Å². The van der Waals surface area contributed by atoms with Crippen molar-refractivity contribution in [3.8, 4) is 11.5 Å². The van der Waals surface area contributed by atoms with Crippen LogP contribution in [-0.4, -0.2) is 13.7 Å². The van der Waals surface area contributed by atoms with Crippen LogP contribution < -0.4 is 10.5 Å². The number of nitrogens with zero attached hydrogens (tertiary/aromatic N) is 1. The van der Waals surface area contributed by atoms with Gasteiger partial charge in [-0.25, -0.2) is 4.39 Å². The van der Waals surface area contributed by atoms with Crippen LogP contribution in [0.2, 0.25) is 0 Å². The minimum absolute atomic E-state index is 0.00916. The van der Waals surface area contributed by atoms with Gasteiger partial charge in [-0.2, -0.15) is 0 Å². The summed E-state index contributed by atoms with van der Waals surface area (Å²) in [4.78, 5) is 4.07. The van der Waals surface area contributed by atoms with Crippen LogP contribution in [0.5, 0.6) is 11.5 Å². The van der Waals surface area contributed by atoms with Gasteiger partial charge in [-0.3, -0.25) is 9.19 Å². The lowest BCUT2D eigenvalue weighted by molar-refractivity contribution is 0.447. The average Bonchev–Trinajstić information content (AvgIpc) is 2.87. The highest BCUT2D eigenvalue weighted by molar-refractivity contribution is 7.82. The standard InChI is InChI=1S/C13H9FN2O3S2/c14-8-5-7(15)1-2-10(8)19-11-3-4-16-9-6-12(21(17)18)20-13(9)11/h1-6H,15H2,(H,17,18)/p-1. The second-order valence-electron chi connectivity index (χ2n) is 4.12. The molecular formula is C13H8FN2O3S2-. The second-order valence-corrected chi connectivity index (χ2v) is 6.34. The number of thiophene rings is 1. The topological polar surface area (TPSA) is 88.3 Å². The summed E-state index contributed by atoms with van der Waals surface area (Å²) in [5.74, 6) is -0.246. The first-order valence-electron chi connectivity index (χ1n) is 5.75. The van der Waals surface area contributed by atoms with E-state index in [2.05, 4.69) is 4.98 Å². The monoisotopic (exact) mass is 323 g/mol. The van der Waals surface area contributed by atoms with Crippen LogP contribution in [0.1, 0.15) is 0 Å². The van der Waals surface area contributed by atoms with E-state index < -0.39 is 16.9 Å². The quantitative estimate of drug-likeness (QED) is 0.591. The fraction of sp³-hybridized carbons (Fsp3) is 0. The van der Waals surface area contributed by atoms with Crippen LogP contribution in [0, 0.1) is 5.82 Å². The normalized spacial score (nSPS) is 12.5. The lowest BCUT2D eigenvalue weighted by atomic mass is 10.3. The third-order valence-corrected chi connectivity index (χ3v) is 4.73. The van der Waals surface area contributed by atoms with Gasteiger partial charge < -0.3 is 15.0 Å². The fourth-order valence-corrected chi connectivity index (χ4v) is 3.30. The largest absolute Gasteiger partial charge is 0.768 e. The van der Waals surface area contributed by atoms with E-state index in [1.54, 1.807) is 6.07 Å². The molecule has 2 N–H and O–H groups in total. The molecule has 8 heteroatoms. The molecule has 1 aromatic carbocycles. The summed E-state index contributed by atoms with van der Waals surface area (Å²) in [6.07, 6.45) is 1.47. The van der Waals surface area contributed by atoms with Crippen molar-refractivity contribution in [1.29, 1.82) is 0 Å². The van der Waals surface area contributed by atoms with Crippen molar-refractivity contribution < 1.29 is 17.9 Å². The lowest BCUT2D eigenvalue weighted by Crippen LogP contribution is -1.91. The van der Waals surface area contributed by atoms with Crippen LogP contribution in [-0.2, 0) is 11.1 Å². The molecule has 0 saturated carbocycles. The van der Waals surface area contributed by atoms with Gasteiger partial charge in [0.05, 0.1) is 14.4 Å². The van der Waals surface area contributed by atoms with Crippen molar-refractivity contribution in [1.82, 2.24) is 4.98 Å². The Labute approximate surface area is 125 Å². The van der Waals surface area contributed by atoms with Crippen LogP contribution in [0.4, 0.5) is 10.1 Å². The summed E-state index contributed by atoms with van der Waals surface area (Å²) < 4.78 is 41.9. The summed E-state index contributed by atoms with van der Waals surface area (Å²) in [5, 5.41) is 0. The first kappa shape index (κ1) is 13.9. The van der Waals surface area contributed by atoms with E-state index in [4.69, 9.17) is 10.5 Å². The molecule has 0 saturated heterocycles. The Balaban J connectivity index is 2.06. The molecule has 0 aliphatic carbocycles. The molecule has 0 fully saturated rings. The zero-order chi connectivity index (χ0) is 15.0. The van der Waals surface area contributed by atoms with Gasteiger partial charge in [0.1, 0.15) is 5.75 Å². The van der Waals surface area contributed by atoms with Crippen LogP contribution in [0.25, 0.3) is 10.2 Å². The summed E-state index contributed by atoms with van der Waals surface area (Å²) in [7, 11) is 0. The molecule has 2 heterocycles. The zero-order valence-electron chi connectivity index (χ0n) is 10.4. The van der Waals surface area contributed by atoms with Gasteiger partial charge in [-0.05, 0) is 29.3 Å².